The molecule has 5 nitrogen and oxygen atoms in total. The van der Waals surface area contributed by atoms with E-state index in [-0.39, 0.29) is 12.8 Å². The van der Waals surface area contributed by atoms with Crippen LogP contribution < -0.4 is 15.9 Å². The van der Waals surface area contributed by atoms with Gasteiger partial charge in [-0.1, -0.05) is 6.42 Å². The summed E-state index contributed by atoms with van der Waals surface area (Å²) in [5.41, 5.74) is 4.00. The molecule has 0 rings (SSSR count). The van der Waals surface area contributed by atoms with Crippen molar-refractivity contribution in [2.75, 3.05) is 0 Å². The standard InChI is InChI=1S/C12H23NO4/c13-10(7-4-5-9-12(16)17)6-2-1-3-8-11(14)15/h10H,1-9,13H2,(H,14,15)(H,16,17)/p-1/t10-/m1/s1. The van der Waals surface area contributed by atoms with Crippen molar-refractivity contribution < 1.29 is 25.5 Å². The van der Waals surface area contributed by atoms with Gasteiger partial charge in [-0.15, -0.1) is 0 Å². The SMILES string of the molecule is [NH3+][C@H](CCCCCC(=O)[O-])CCCCC(=O)[O-]. The van der Waals surface area contributed by atoms with Gasteiger partial charge in [-0.2, -0.15) is 0 Å². The second-order valence-electron chi connectivity index (χ2n) is 4.46. The first-order valence-electron chi connectivity index (χ1n) is 6.25. The zero-order valence-corrected chi connectivity index (χ0v) is 10.3. The zero-order valence-electron chi connectivity index (χ0n) is 10.3. The van der Waals surface area contributed by atoms with Gasteiger partial charge in [0.15, 0.2) is 0 Å². The summed E-state index contributed by atoms with van der Waals surface area (Å²) < 4.78 is 0. The Labute approximate surface area is 102 Å². The first-order chi connectivity index (χ1) is 8.02. The molecule has 17 heavy (non-hydrogen) atoms. The van der Waals surface area contributed by atoms with Crippen LogP contribution in [0, 0.1) is 0 Å². The van der Waals surface area contributed by atoms with E-state index in [1.165, 1.54) is 0 Å². The number of quaternary nitrogens is 1. The van der Waals surface area contributed by atoms with E-state index < -0.39 is 11.9 Å². The number of aliphatic carboxylic acids is 2. The Morgan fingerprint density at radius 3 is 1.71 bits per heavy atom. The third-order valence-corrected chi connectivity index (χ3v) is 2.74. The van der Waals surface area contributed by atoms with E-state index in [0.29, 0.717) is 18.9 Å². The highest BCUT2D eigenvalue weighted by molar-refractivity contribution is 5.64. The molecule has 0 amide bonds. The van der Waals surface area contributed by atoms with Gasteiger partial charge in [-0.25, -0.2) is 0 Å². The predicted octanol–water partition coefficient (Wildman–Crippen LogP) is -1.39. The molecule has 0 aromatic carbocycles. The summed E-state index contributed by atoms with van der Waals surface area (Å²) >= 11 is 0. The first-order valence-corrected chi connectivity index (χ1v) is 6.25. The lowest BCUT2D eigenvalue weighted by Gasteiger charge is -2.08. The molecule has 3 N–H and O–H groups in total. The minimum absolute atomic E-state index is 0.123. The molecule has 0 aliphatic rings. The summed E-state index contributed by atoms with van der Waals surface area (Å²) in [5.74, 6) is -1.98. The Morgan fingerprint density at radius 2 is 1.24 bits per heavy atom. The van der Waals surface area contributed by atoms with Crippen molar-refractivity contribution in [1.82, 2.24) is 0 Å². The number of carboxylic acid groups (broad SMARTS) is 2. The van der Waals surface area contributed by atoms with E-state index in [4.69, 9.17) is 0 Å². The highest BCUT2D eigenvalue weighted by atomic mass is 16.4. The van der Waals surface area contributed by atoms with E-state index in [1.54, 1.807) is 0 Å². The molecular weight excluding hydrogens is 222 g/mol. The molecule has 0 aliphatic carbocycles. The van der Waals surface area contributed by atoms with Gasteiger partial charge < -0.3 is 25.5 Å². The lowest BCUT2D eigenvalue weighted by molar-refractivity contribution is -0.423. The summed E-state index contributed by atoms with van der Waals surface area (Å²) in [5, 5.41) is 20.3. The molecule has 5 heteroatoms. The van der Waals surface area contributed by atoms with Crippen molar-refractivity contribution in [2.24, 2.45) is 0 Å². The van der Waals surface area contributed by atoms with Crippen LogP contribution in [0.15, 0.2) is 0 Å². The maximum Gasteiger partial charge on any atom is 0.0843 e. The molecule has 0 fully saturated rings. The molecule has 0 radical (unpaired) electrons. The van der Waals surface area contributed by atoms with Gasteiger partial charge in [0, 0.05) is 11.9 Å². The lowest BCUT2D eigenvalue weighted by atomic mass is 10.0. The van der Waals surface area contributed by atoms with Crippen molar-refractivity contribution in [3.05, 3.63) is 0 Å². The fourth-order valence-electron chi connectivity index (χ4n) is 1.73. The molecule has 1 atom stereocenters. The van der Waals surface area contributed by atoms with Gasteiger partial charge in [0.25, 0.3) is 0 Å². The number of unbranched alkanes of at least 4 members (excludes halogenated alkanes) is 3. The molecule has 0 aromatic rings. The average molecular weight is 244 g/mol. The molecule has 0 aromatic heterocycles. The van der Waals surface area contributed by atoms with Crippen molar-refractivity contribution >= 4 is 11.9 Å². The third-order valence-electron chi connectivity index (χ3n) is 2.74. The molecule has 0 unspecified atom stereocenters. The number of hydrogen-bond donors (Lipinski definition) is 1. The fraction of sp³-hybridized carbons (Fsp3) is 0.833. The molecule has 100 valence electrons. The number of carbonyl (C=O) groups is 2. The maximum atomic E-state index is 10.2. The Balaban J connectivity index is 3.25. The van der Waals surface area contributed by atoms with Crippen LogP contribution in [0.25, 0.3) is 0 Å². The molecule has 0 aliphatic heterocycles. The quantitative estimate of drug-likeness (QED) is 0.451. The number of hydrogen-bond acceptors (Lipinski definition) is 4. The van der Waals surface area contributed by atoms with Gasteiger partial charge in [0.2, 0.25) is 0 Å². The Hall–Kier alpha value is -1.10. The Morgan fingerprint density at radius 1 is 0.824 bits per heavy atom. The average Bonchev–Trinajstić information content (AvgIpc) is 2.23. The topological polar surface area (TPSA) is 108 Å². The van der Waals surface area contributed by atoms with E-state index in [9.17, 15) is 19.8 Å². The maximum absolute atomic E-state index is 10.2. The summed E-state index contributed by atoms with van der Waals surface area (Å²) in [6.07, 6.45) is 6.19. The van der Waals surface area contributed by atoms with Crippen LogP contribution in [-0.4, -0.2) is 18.0 Å². The summed E-state index contributed by atoms with van der Waals surface area (Å²) in [7, 11) is 0. The summed E-state index contributed by atoms with van der Waals surface area (Å²) in [6.45, 7) is 0. The molecule has 0 heterocycles. The second-order valence-corrected chi connectivity index (χ2v) is 4.46. The van der Waals surface area contributed by atoms with Crippen LogP contribution in [-0.2, 0) is 9.59 Å². The van der Waals surface area contributed by atoms with Gasteiger partial charge >= 0.3 is 0 Å². The van der Waals surface area contributed by atoms with Gasteiger partial charge in [0.1, 0.15) is 0 Å². The zero-order chi connectivity index (χ0) is 13.1. The first kappa shape index (κ1) is 15.9. The highest BCUT2D eigenvalue weighted by Crippen LogP contribution is 2.08. The van der Waals surface area contributed by atoms with Crippen LogP contribution in [0.3, 0.4) is 0 Å². The van der Waals surface area contributed by atoms with Crippen LogP contribution >= 0.6 is 0 Å². The third kappa shape index (κ3) is 12.8. The smallest absolute Gasteiger partial charge is 0.0843 e. The largest absolute Gasteiger partial charge is 0.550 e. The summed E-state index contributed by atoms with van der Waals surface area (Å²) in [4.78, 5) is 20.3. The Kier molecular flexibility index (Phi) is 9.43. The molecule has 0 spiro atoms. The van der Waals surface area contributed by atoms with E-state index in [2.05, 4.69) is 5.73 Å². The molecule has 0 bridgehead atoms. The Bertz CT molecular complexity index is 231. The minimum atomic E-state index is -0.993. The van der Waals surface area contributed by atoms with Crippen LogP contribution in [0.4, 0.5) is 0 Å². The van der Waals surface area contributed by atoms with Crippen LogP contribution in [0.5, 0.6) is 0 Å². The number of carbonyl (C=O) groups excluding carboxylic acids is 2. The molecular formula is C12H22NO4-. The van der Waals surface area contributed by atoms with E-state index >= 15 is 0 Å². The molecule has 0 saturated carbocycles. The van der Waals surface area contributed by atoms with Gasteiger partial charge in [-0.05, 0) is 51.4 Å². The van der Waals surface area contributed by atoms with Crippen LogP contribution in [0.1, 0.15) is 57.8 Å². The summed E-state index contributed by atoms with van der Waals surface area (Å²) in [6, 6.07) is 0.333. The van der Waals surface area contributed by atoms with E-state index in [1.807, 2.05) is 0 Å². The predicted molar refractivity (Wildman–Crippen MR) is 58.2 cm³/mol. The number of rotatable bonds is 11. The normalized spacial score (nSPS) is 12.3. The monoisotopic (exact) mass is 244 g/mol. The minimum Gasteiger partial charge on any atom is -0.550 e. The fourth-order valence-corrected chi connectivity index (χ4v) is 1.73. The second kappa shape index (κ2) is 10.1. The van der Waals surface area contributed by atoms with Crippen molar-refractivity contribution in [1.29, 1.82) is 0 Å². The van der Waals surface area contributed by atoms with Crippen molar-refractivity contribution in [3.8, 4) is 0 Å². The van der Waals surface area contributed by atoms with E-state index in [0.717, 1.165) is 32.1 Å². The van der Waals surface area contributed by atoms with Crippen molar-refractivity contribution in [2.45, 2.75) is 63.8 Å². The lowest BCUT2D eigenvalue weighted by Crippen LogP contribution is -2.60. The van der Waals surface area contributed by atoms with Gasteiger partial charge in [0.05, 0.1) is 6.04 Å². The molecule has 0 saturated heterocycles. The van der Waals surface area contributed by atoms with Crippen molar-refractivity contribution in [3.63, 3.8) is 0 Å². The number of carboxylic acids is 2. The highest BCUT2D eigenvalue weighted by Gasteiger charge is 2.05. The van der Waals surface area contributed by atoms with Crippen LogP contribution in [0.2, 0.25) is 0 Å². The van der Waals surface area contributed by atoms with Gasteiger partial charge in [-0.3, -0.25) is 0 Å².